The highest BCUT2D eigenvalue weighted by molar-refractivity contribution is 9.08. The Balaban J connectivity index is 3.40. The lowest BCUT2D eigenvalue weighted by molar-refractivity contribution is -0.384. The Morgan fingerprint density at radius 1 is 1.67 bits per heavy atom. The molecule has 0 aliphatic heterocycles. The van der Waals surface area contributed by atoms with E-state index in [1.165, 1.54) is 0 Å². The van der Waals surface area contributed by atoms with Crippen LogP contribution in [0.25, 0.3) is 0 Å². The van der Waals surface area contributed by atoms with E-state index >= 15 is 0 Å². The Hall–Kier alpha value is -0.820. The van der Waals surface area contributed by atoms with Gasteiger partial charge in [-0.15, -0.1) is 0 Å². The van der Waals surface area contributed by atoms with Gasteiger partial charge in [0, 0.05) is 11.4 Å². The summed E-state index contributed by atoms with van der Waals surface area (Å²) in [6.07, 6.45) is -2.94. The minimum Gasteiger partial charge on any atom is -0.258 e. The molecule has 0 saturated heterocycles. The van der Waals surface area contributed by atoms with E-state index in [0.717, 1.165) is 6.07 Å². The molecule has 1 aromatic rings. The van der Waals surface area contributed by atoms with Crippen LogP contribution in [-0.2, 0) is 5.33 Å². The maximum absolute atomic E-state index is 12.4. The Labute approximate surface area is 96.5 Å². The molecule has 0 radical (unpaired) electrons. The molecular formula is C7H4BrClF2N2O2. The van der Waals surface area contributed by atoms with E-state index in [9.17, 15) is 18.9 Å². The fraction of sp³-hybridized carbons (Fsp3) is 0.286. The van der Waals surface area contributed by atoms with Crippen LogP contribution >= 0.6 is 27.5 Å². The van der Waals surface area contributed by atoms with Crippen molar-refractivity contribution in [3.8, 4) is 0 Å². The number of rotatable bonds is 3. The fourth-order valence-electron chi connectivity index (χ4n) is 0.934. The Bertz CT molecular complexity index is 403. The molecule has 0 amide bonds. The number of nitrogens with zero attached hydrogens (tertiary/aromatic N) is 2. The third-order valence-corrected chi connectivity index (χ3v) is 2.52. The monoisotopic (exact) mass is 300 g/mol. The average molecular weight is 301 g/mol. The highest BCUT2D eigenvalue weighted by Crippen LogP contribution is 2.33. The van der Waals surface area contributed by atoms with Crippen molar-refractivity contribution in [1.82, 2.24) is 4.98 Å². The molecule has 1 aromatic heterocycles. The zero-order valence-electron chi connectivity index (χ0n) is 7.08. The summed E-state index contributed by atoms with van der Waals surface area (Å²) >= 11 is 8.40. The minimum atomic E-state index is -2.94. The van der Waals surface area contributed by atoms with Gasteiger partial charge in [0.15, 0.2) is 0 Å². The zero-order chi connectivity index (χ0) is 11.6. The fourth-order valence-corrected chi connectivity index (χ4v) is 1.47. The molecule has 15 heavy (non-hydrogen) atoms. The molecule has 0 aliphatic carbocycles. The lowest BCUT2D eigenvalue weighted by Crippen LogP contribution is -2.00. The summed E-state index contributed by atoms with van der Waals surface area (Å²) in [5.41, 5.74) is -1.18. The van der Waals surface area contributed by atoms with Gasteiger partial charge in [0.25, 0.3) is 12.1 Å². The molecule has 82 valence electrons. The summed E-state index contributed by atoms with van der Waals surface area (Å²) in [6, 6.07) is 1.06. The van der Waals surface area contributed by atoms with Gasteiger partial charge in [-0.2, -0.15) is 0 Å². The van der Waals surface area contributed by atoms with Crippen LogP contribution in [0.4, 0.5) is 14.5 Å². The van der Waals surface area contributed by atoms with Crippen molar-refractivity contribution in [1.29, 1.82) is 0 Å². The van der Waals surface area contributed by atoms with Crippen LogP contribution in [0.2, 0.25) is 5.02 Å². The second-order valence-electron chi connectivity index (χ2n) is 2.52. The van der Waals surface area contributed by atoms with Crippen molar-refractivity contribution in [2.45, 2.75) is 11.8 Å². The van der Waals surface area contributed by atoms with E-state index in [-0.39, 0.29) is 11.0 Å². The van der Waals surface area contributed by atoms with E-state index in [2.05, 4.69) is 20.9 Å². The first-order valence-electron chi connectivity index (χ1n) is 3.65. The molecule has 1 heterocycles. The lowest BCUT2D eigenvalue weighted by atomic mass is 10.2. The molecule has 0 atom stereocenters. The number of halogens is 4. The highest BCUT2D eigenvalue weighted by atomic mass is 79.9. The first-order chi connectivity index (χ1) is 6.97. The molecule has 0 aromatic carbocycles. The predicted molar refractivity (Wildman–Crippen MR) is 53.5 cm³/mol. The minimum absolute atomic E-state index is 0.140. The van der Waals surface area contributed by atoms with Crippen LogP contribution in [-0.4, -0.2) is 9.91 Å². The number of hydrogen-bond donors (Lipinski definition) is 0. The van der Waals surface area contributed by atoms with Crippen LogP contribution in [0.3, 0.4) is 0 Å². The maximum Gasteiger partial charge on any atom is 0.291 e. The third kappa shape index (κ3) is 2.60. The van der Waals surface area contributed by atoms with Gasteiger partial charge in [-0.25, -0.2) is 13.8 Å². The molecule has 0 aliphatic rings. The Morgan fingerprint density at radius 2 is 2.27 bits per heavy atom. The lowest BCUT2D eigenvalue weighted by Gasteiger charge is -2.04. The number of pyridine rings is 1. The molecule has 0 N–H and O–H groups in total. The molecule has 8 heteroatoms. The largest absolute Gasteiger partial charge is 0.291 e. The molecule has 0 bridgehead atoms. The summed E-state index contributed by atoms with van der Waals surface area (Å²) in [5.74, 6) is 0. The first-order valence-corrected chi connectivity index (χ1v) is 5.15. The Morgan fingerprint density at radius 3 is 2.67 bits per heavy atom. The van der Waals surface area contributed by atoms with E-state index in [4.69, 9.17) is 11.6 Å². The predicted octanol–water partition coefficient (Wildman–Crippen LogP) is 3.48. The maximum atomic E-state index is 12.4. The summed E-state index contributed by atoms with van der Waals surface area (Å²) in [5, 5.41) is 10.0. The van der Waals surface area contributed by atoms with Crippen LogP contribution < -0.4 is 0 Å². The standard InChI is InChI=1S/C7H4BrClF2N2O2/c8-2-3-1-4(13(14)15)5(9)6(12-3)7(10)11/h1,7H,2H2. The second-order valence-corrected chi connectivity index (χ2v) is 3.46. The second kappa shape index (κ2) is 4.80. The summed E-state index contributed by atoms with van der Waals surface area (Å²) < 4.78 is 24.8. The van der Waals surface area contributed by atoms with Gasteiger partial charge in [0.2, 0.25) is 0 Å². The molecular weight excluding hydrogens is 297 g/mol. The molecule has 4 nitrogen and oxygen atoms in total. The van der Waals surface area contributed by atoms with Crippen molar-refractivity contribution < 1.29 is 13.7 Å². The molecule has 0 fully saturated rings. The van der Waals surface area contributed by atoms with Gasteiger partial charge in [0.05, 0.1) is 10.6 Å². The number of hydrogen-bond acceptors (Lipinski definition) is 3. The SMILES string of the molecule is O=[N+]([O-])c1cc(CBr)nc(C(F)F)c1Cl. The van der Waals surface area contributed by atoms with Crippen molar-refractivity contribution in [2.75, 3.05) is 0 Å². The van der Waals surface area contributed by atoms with Gasteiger partial charge in [-0.1, -0.05) is 27.5 Å². The van der Waals surface area contributed by atoms with E-state index in [1.807, 2.05) is 0 Å². The topological polar surface area (TPSA) is 56.0 Å². The quantitative estimate of drug-likeness (QED) is 0.488. The smallest absolute Gasteiger partial charge is 0.258 e. The van der Waals surface area contributed by atoms with Crippen molar-refractivity contribution in [3.63, 3.8) is 0 Å². The molecule has 0 spiro atoms. The van der Waals surface area contributed by atoms with Gasteiger partial charge in [0.1, 0.15) is 10.7 Å². The normalized spacial score (nSPS) is 10.7. The van der Waals surface area contributed by atoms with Crippen molar-refractivity contribution in [3.05, 3.63) is 32.6 Å². The Kier molecular flexibility index (Phi) is 3.92. The highest BCUT2D eigenvalue weighted by Gasteiger charge is 2.24. The first kappa shape index (κ1) is 12.3. The summed E-state index contributed by atoms with van der Waals surface area (Å²) in [4.78, 5) is 13.2. The van der Waals surface area contributed by atoms with Crippen molar-refractivity contribution in [2.24, 2.45) is 0 Å². The van der Waals surface area contributed by atoms with Gasteiger partial charge < -0.3 is 0 Å². The number of aromatic nitrogens is 1. The molecule has 0 unspecified atom stereocenters. The molecule has 0 saturated carbocycles. The number of nitro groups is 1. The van der Waals surface area contributed by atoms with Crippen LogP contribution in [0.1, 0.15) is 17.8 Å². The summed E-state index contributed by atoms with van der Waals surface area (Å²) in [7, 11) is 0. The van der Waals surface area contributed by atoms with Gasteiger partial charge in [-0.05, 0) is 0 Å². The zero-order valence-corrected chi connectivity index (χ0v) is 9.43. The summed E-state index contributed by atoms with van der Waals surface area (Å²) in [6.45, 7) is 0. The van der Waals surface area contributed by atoms with E-state index in [1.54, 1.807) is 0 Å². The molecule has 1 rings (SSSR count). The van der Waals surface area contributed by atoms with Crippen LogP contribution in [0, 0.1) is 10.1 Å². The van der Waals surface area contributed by atoms with Crippen molar-refractivity contribution >= 4 is 33.2 Å². The van der Waals surface area contributed by atoms with E-state index in [0.29, 0.717) is 0 Å². The van der Waals surface area contributed by atoms with Gasteiger partial charge in [-0.3, -0.25) is 10.1 Å². The third-order valence-electron chi connectivity index (χ3n) is 1.56. The van der Waals surface area contributed by atoms with E-state index < -0.39 is 27.8 Å². The van der Waals surface area contributed by atoms with Crippen LogP contribution in [0.15, 0.2) is 6.07 Å². The number of alkyl halides is 3. The average Bonchev–Trinajstić information content (AvgIpc) is 2.17. The van der Waals surface area contributed by atoms with Gasteiger partial charge >= 0.3 is 0 Å². The van der Waals surface area contributed by atoms with Crippen LogP contribution in [0.5, 0.6) is 0 Å².